The van der Waals surface area contributed by atoms with Crippen LogP contribution >= 0.6 is 24.0 Å². The maximum Gasteiger partial charge on any atom is 0.266 e. The molecule has 2 aromatic rings. The van der Waals surface area contributed by atoms with Gasteiger partial charge >= 0.3 is 0 Å². The molecule has 2 N–H and O–H groups in total. The van der Waals surface area contributed by atoms with Crippen molar-refractivity contribution in [3.8, 4) is 5.75 Å². The first-order valence-electron chi connectivity index (χ1n) is 8.09. The number of hydrogen-bond acceptors (Lipinski definition) is 5. The summed E-state index contributed by atoms with van der Waals surface area (Å²) in [6.07, 6.45) is 5.38. The van der Waals surface area contributed by atoms with Crippen LogP contribution in [0.4, 0.5) is 5.69 Å². The van der Waals surface area contributed by atoms with E-state index in [1.54, 1.807) is 24.3 Å². The number of thioether (sulfide) groups is 1. The van der Waals surface area contributed by atoms with Crippen LogP contribution in [0.5, 0.6) is 5.75 Å². The summed E-state index contributed by atoms with van der Waals surface area (Å²) < 4.78 is 0.347. The van der Waals surface area contributed by atoms with Gasteiger partial charge in [0.1, 0.15) is 16.6 Å². The second kappa shape index (κ2) is 8.66. The van der Waals surface area contributed by atoms with Crippen molar-refractivity contribution in [3.63, 3.8) is 0 Å². The number of hydrogen-bond donors (Lipinski definition) is 2. The Morgan fingerprint density at radius 2 is 1.85 bits per heavy atom. The molecule has 0 saturated carbocycles. The molecule has 0 unspecified atom stereocenters. The summed E-state index contributed by atoms with van der Waals surface area (Å²) in [6, 6.07) is 15.8. The van der Waals surface area contributed by atoms with Gasteiger partial charge in [0.25, 0.3) is 5.91 Å². The predicted molar refractivity (Wildman–Crippen MR) is 112 cm³/mol. The van der Waals surface area contributed by atoms with Gasteiger partial charge in [-0.25, -0.2) is 0 Å². The first-order chi connectivity index (χ1) is 13.0. The van der Waals surface area contributed by atoms with Gasteiger partial charge < -0.3 is 10.4 Å². The van der Waals surface area contributed by atoms with Crippen molar-refractivity contribution < 1.29 is 14.7 Å². The fourth-order valence-corrected chi connectivity index (χ4v) is 3.56. The molecule has 2 aromatic carbocycles. The van der Waals surface area contributed by atoms with Crippen LogP contribution in [0.2, 0.25) is 0 Å². The Bertz CT molecular complexity index is 922. The van der Waals surface area contributed by atoms with Crippen molar-refractivity contribution in [3.05, 3.63) is 77.2 Å². The standard InChI is InChI=1S/C20H16N2O3S2/c23-16-11-9-15(10-12-16)21-18(24)13-22-19(25)17(27-20(22)26)8-4-7-14-5-2-1-3-6-14/h1-12,23H,13H2,(H,21,24). The lowest BCUT2D eigenvalue weighted by Gasteiger charge is -2.14. The molecule has 7 heteroatoms. The molecule has 0 radical (unpaired) electrons. The quantitative estimate of drug-likeness (QED) is 0.457. The molecule has 5 nitrogen and oxygen atoms in total. The molecule has 0 aliphatic carbocycles. The Hall–Kier alpha value is -2.90. The van der Waals surface area contributed by atoms with Crippen LogP contribution in [-0.4, -0.2) is 32.7 Å². The van der Waals surface area contributed by atoms with Crippen LogP contribution in [0, 0.1) is 0 Å². The molecule has 0 atom stereocenters. The molecule has 136 valence electrons. The molecule has 0 bridgehead atoms. The highest BCUT2D eigenvalue weighted by Gasteiger charge is 2.32. The van der Waals surface area contributed by atoms with Crippen molar-refractivity contribution in [2.45, 2.75) is 0 Å². The van der Waals surface area contributed by atoms with Gasteiger partial charge in [-0.15, -0.1) is 0 Å². The van der Waals surface area contributed by atoms with E-state index in [-0.39, 0.29) is 24.1 Å². The smallest absolute Gasteiger partial charge is 0.266 e. The number of anilines is 1. The molecule has 1 saturated heterocycles. The number of phenolic OH excluding ortho intramolecular Hbond substituents is 1. The topological polar surface area (TPSA) is 69.6 Å². The lowest BCUT2D eigenvalue weighted by molar-refractivity contribution is -0.126. The van der Waals surface area contributed by atoms with Gasteiger partial charge in [0.05, 0.1) is 4.91 Å². The molecule has 3 rings (SSSR count). The second-order valence-corrected chi connectivity index (χ2v) is 7.33. The van der Waals surface area contributed by atoms with Gasteiger partial charge in [-0.05, 0) is 35.9 Å². The minimum absolute atomic E-state index is 0.110. The van der Waals surface area contributed by atoms with Crippen molar-refractivity contribution in [2.24, 2.45) is 0 Å². The molecule has 1 fully saturated rings. The Morgan fingerprint density at radius 1 is 1.15 bits per heavy atom. The van der Waals surface area contributed by atoms with Crippen LogP contribution < -0.4 is 5.32 Å². The van der Waals surface area contributed by atoms with Crippen LogP contribution in [-0.2, 0) is 9.59 Å². The van der Waals surface area contributed by atoms with Gasteiger partial charge in [-0.1, -0.05) is 66.5 Å². The van der Waals surface area contributed by atoms with Gasteiger partial charge in [0.2, 0.25) is 5.91 Å². The van der Waals surface area contributed by atoms with E-state index in [9.17, 15) is 14.7 Å². The van der Waals surface area contributed by atoms with E-state index in [4.69, 9.17) is 12.2 Å². The van der Waals surface area contributed by atoms with Crippen LogP contribution in [0.25, 0.3) is 6.08 Å². The van der Waals surface area contributed by atoms with E-state index >= 15 is 0 Å². The molecule has 27 heavy (non-hydrogen) atoms. The number of benzene rings is 2. The zero-order valence-corrected chi connectivity index (χ0v) is 15.8. The number of amides is 2. The van der Waals surface area contributed by atoms with Gasteiger partial charge in [-0.3, -0.25) is 14.5 Å². The highest BCUT2D eigenvalue weighted by atomic mass is 32.2. The predicted octanol–water partition coefficient (Wildman–Crippen LogP) is 3.79. The van der Waals surface area contributed by atoms with Crippen molar-refractivity contribution >= 4 is 51.9 Å². The summed E-state index contributed by atoms with van der Waals surface area (Å²) in [5, 5.41) is 11.9. The van der Waals surface area contributed by atoms with Gasteiger partial charge in [0, 0.05) is 5.69 Å². The molecule has 0 aromatic heterocycles. The first kappa shape index (κ1) is 18.9. The Kier molecular flexibility index (Phi) is 6.05. The average molecular weight is 396 g/mol. The van der Waals surface area contributed by atoms with E-state index in [1.165, 1.54) is 28.8 Å². The average Bonchev–Trinajstić information content (AvgIpc) is 2.92. The third-order valence-corrected chi connectivity index (χ3v) is 5.06. The molecule has 2 amide bonds. The summed E-state index contributed by atoms with van der Waals surface area (Å²) >= 11 is 6.40. The minimum atomic E-state index is -0.363. The maximum absolute atomic E-state index is 12.5. The highest BCUT2D eigenvalue weighted by molar-refractivity contribution is 8.26. The number of carbonyl (C=O) groups is 2. The van der Waals surface area contributed by atoms with Crippen LogP contribution in [0.1, 0.15) is 5.56 Å². The van der Waals surface area contributed by atoms with Gasteiger partial charge in [-0.2, -0.15) is 0 Å². The summed E-state index contributed by atoms with van der Waals surface area (Å²) in [4.78, 5) is 26.4. The summed E-state index contributed by atoms with van der Waals surface area (Å²) in [6.45, 7) is -0.161. The monoisotopic (exact) mass is 396 g/mol. The molecular weight excluding hydrogens is 380 g/mol. The lowest BCUT2D eigenvalue weighted by atomic mass is 10.2. The minimum Gasteiger partial charge on any atom is -0.508 e. The van der Waals surface area contributed by atoms with E-state index in [0.717, 1.165) is 5.56 Å². The number of thiocarbonyl (C=S) groups is 1. The Morgan fingerprint density at radius 3 is 2.56 bits per heavy atom. The van der Waals surface area contributed by atoms with E-state index in [0.29, 0.717) is 14.9 Å². The third kappa shape index (κ3) is 5.06. The fourth-order valence-electron chi connectivity index (χ4n) is 2.35. The van der Waals surface area contributed by atoms with E-state index < -0.39 is 0 Å². The molecule has 1 aliphatic heterocycles. The largest absolute Gasteiger partial charge is 0.508 e. The maximum atomic E-state index is 12.5. The zero-order chi connectivity index (χ0) is 19.2. The third-order valence-electron chi connectivity index (χ3n) is 3.66. The summed E-state index contributed by atoms with van der Waals surface area (Å²) in [5.74, 6) is -0.541. The van der Waals surface area contributed by atoms with Crippen molar-refractivity contribution in [2.75, 3.05) is 11.9 Å². The van der Waals surface area contributed by atoms with E-state index in [1.807, 2.05) is 36.4 Å². The number of phenols is 1. The summed E-state index contributed by atoms with van der Waals surface area (Å²) in [7, 11) is 0. The Balaban J connectivity index is 1.61. The fraction of sp³-hybridized carbons (Fsp3) is 0.0500. The zero-order valence-electron chi connectivity index (χ0n) is 14.2. The Labute approximate surface area is 166 Å². The van der Waals surface area contributed by atoms with Crippen LogP contribution in [0.15, 0.2) is 71.7 Å². The van der Waals surface area contributed by atoms with Crippen molar-refractivity contribution in [1.29, 1.82) is 0 Å². The molecule has 0 spiro atoms. The first-order valence-corrected chi connectivity index (χ1v) is 9.31. The number of aromatic hydroxyl groups is 1. The number of nitrogens with zero attached hydrogens (tertiary/aromatic N) is 1. The molecule has 1 aliphatic rings. The highest BCUT2D eigenvalue weighted by Crippen LogP contribution is 2.30. The SMILES string of the molecule is O=C(CN1C(=O)C(=CC=Cc2ccccc2)SC1=S)Nc1ccc(O)cc1. The number of allylic oxidation sites excluding steroid dienone is 2. The van der Waals surface area contributed by atoms with Gasteiger partial charge in [0.15, 0.2) is 0 Å². The second-order valence-electron chi connectivity index (χ2n) is 5.66. The number of nitrogens with one attached hydrogen (secondary N) is 1. The normalized spacial score (nSPS) is 15.7. The molecular formula is C20H16N2O3S2. The summed E-state index contributed by atoms with van der Waals surface area (Å²) in [5.41, 5.74) is 1.56. The van der Waals surface area contributed by atoms with Crippen LogP contribution in [0.3, 0.4) is 0 Å². The molecule has 1 heterocycles. The van der Waals surface area contributed by atoms with E-state index in [2.05, 4.69) is 5.32 Å². The number of carbonyl (C=O) groups excluding carboxylic acids is 2. The number of rotatable bonds is 5. The lowest BCUT2D eigenvalue weighted by Crippen LogP contribution is -2.36. The van der Waals surface area contributed by atoms with Crippen molar-refractivity contribution in [1.82, 2.24) is 4.90 Å².